The van der Waals surface area contributed by atoms with E-state index in [2.05, 4.69) is 15.6 Å². The van der Waals surface area contributed by atoms with Crippen molar-refractivity contribution in [1.82, 2.24) is 24.8 Å². The number of fused-ring (bicyclic) bond motifs is 2. The van der Waals surface area contributed by atoms with E-state index < -0.39 is 0 Å². The summed E-state index contributed by atoms with van der Waals surface area (Å²) in [4.78, 5) is 25.8. The monoisotopic (exact) mass is 526 g/mol. The van der Waals surface area contributed by atoms with Gasteiger partial charge in [0.25, 0.3) is 5.91 Å². The maximum Gasteiger partial charge on any atom is 0.251 e. The number of aromatic amines is 1. The van der Waals surface area contributed by atoms with Crippen molar-refractivity contribution in [2.45, 2.75) is 12.8 Å². The lowest BCUT2D eigenvalue weighted by molar-refractivity contribution is 0.0947. The van der Waals surface area contributed by atoms with E-state index in [-0.39, 0.29) is 17.8 Å². The number of guanidine groups is 1. The highest BCUT2D eigenvalue weighted by Gasteiger charge is 2.20. The Morgan fingerprint density at radius 1 is 1.10 bits per heavy atom. The number of rotatable bonds is 9. The lowest BCUT2D eigenvalue weighted by Crippen LogP contribution is -2.28. The number of H-pyrrole nitrogens is 1. The van der Waals surface area contributed by atoms with Crippen molar-refractivity contribution in [3.05, 3.63) is 77.9 Å². The van der Waals surface area contributed by atoms with Gasteiger partial charge in [-0.15, -0.1) is 0 Å². The smallest absolute Gasteiger partial charge is 0.251 e. The quantitative estimate of drug-likeness (QED) is 0.111. The maximum atomic E-state index is 12.8. The molecule has 11 heteroatoms. The van der Waals surface area contributed by atoms with E-state index in [9.17, 15) is 4.79 Å². The number of methoxy groups -OCH3 is 1. The topological polar surface area (TPSA) is 156 Å². The number of hydrogen-bond acceptors (Lipinski definition) is 6. The number of carbonyl (C=O) groups excluding carboxylic acids is 1. The number of nitrogens with zero attached hydrogens (tertiary/aromatic N) is 3. The third kappa shape index (κ3) is 5.33. The van der Waals surface area contributed by atoms with Crippen molar-refractivity contribution >= 4 is 39.6 Å². The van der Waals surface area contributed by atoms with Gasteiger partial charge >= 0.3 is 0 Å². The Kier molecular flexibility index (Phi) is 7.04. The van der Waals surface area contributed by atoms with Gasteiger partial charge in [-0.3, -0.25) is 10.2 Å². The first kappa shape index (κ1) is 25.6. The van der Waals surface area contributed by atoms with Gasteiger partial charge in [0.2, 0.25) is 0 Å². The van der Waals surface area contributed by atoms with Crippen LogP contribution in [0.5, 0.6) is 11.5 Å². The van der Waals surface area contributed by atoms with Crippen LogP contribution < -0.4 is 25.8 Å². The van der Waals surface area contributed by atoms with Gasteiger partial charge in [0.05, 0.1) is 41.6 Å². The normalized spacial score (nSPS) is 11.9. The number of aryl methyl sites for hydroxylation is 1. The second kappa shape index (κ2) is 10.7. The first-order chi connectivity index (χ1) is 18.8. The maximum absolute atomic E-state index is 12.8. The van der Waals surface area contributed by atoms with E-state index in [1.54, 1.807) is 13.2 Å². The van der Waals surface area contributed by atoms with Gasteiger partial charge < -0.3 is 35.4 Å². The van der Waals surface area contributed by atoms with Crippen LogP contribution in [0.15, 0.2) is 60.7 Å². The molecule has 2 heterocycles. The zero-order valence-electron chi connectivity index (χ0n) is 21.9. The Balaban J connectivity index is 1.29. The van der Waals surface area contributed by atoms with Crippen LogP contribution in [0.4, 0.5) is 5.69 Å². The molecule has 0 spiro atoms. The predicted octanol–water partition coefficient (Wildman–Crippen LogP) is 3.72. The summed E-state index contributed by atoms with van der Waals surface area (Å²) < 4.78 is 13.0. The minimum Gasteiger partial charge on any atom is -0.493 e. The molecule has 6 N–H and O–H groups in total. The number of amides is 1. The lowest BCUT2D eigenvalue weighted by atomic mass is 10.1. The summed E-state index contributed by atoms with van der Waals surface area (Å²) in [5.74, 6) is 2.39. The van der Waals surface area contributed by atoms with Crippen molar-refractivity contribution in [2.24, 2.45) is 12.8 Å². The molecule has 0 aliphatic carbocycles. The van der Waals surface area contributed by atoms with Gasteiger partial charge in [0.15, 0.2) is 17.5 Å². The van der Waals surface area contributed by atoms with Crippen molar-refractivity contribution in [1.29, 1.82) is 5.41 Å². The van der Waals surface area contributed by atoms with E-state index >= 15 is 0 Å². The Morgan fingerprint density at radius 3 is 2.67 bits per heavy atom. The van der Waals surface area contributed by atoms with Crippen molar-refractivity contribution < 1.29 is 14.3 Å². The molecule has 0 aliphatic rings. The van der Waals surface area contributed by atoms with Crippen LogP contribution in [0.3, 0.4) is 0 Å². The summed E-state index contributed by atoms with van der Waals surface area (Å²) in [7, 11) is 3.52. The molecule has 2 aromatic heterocycles. The van der Waals surface area contributed by atoms with Crippen LogP contribution in [0.1, 0.15) is 34.8 Å². The van der Waals surface area contributed by atoms with Crippen molar-refractivity contribution in [3.63, 3.8) is 0 Å². The van der Waals surface area contributed by atoms with Gasteiger partial charge in [-0.1, -0.05) is 12.1 Å². The Hall–Kier alpha value is -5.06. The average molecular weight is 527 g/mol. The zero-order chi connectivity index (χ0) is 27.5. The molecule has 200 valence electrons. The molecule has 0 bridgehead atoms. The predicted molar refractivity (Wildman–Crippen MR) is 151 cm³/mol. The third-order valence-corrected chi connectivity index (χ3v) is 6.47. The van der Waals surface area contributed by atoms with Crippen molar-refractivity contribution in [2.75, 3.05) is 25.6 Å². The summed E-state index contributed by atoms with van der Waals surface area (Å²) in [5, 5.41) is 13.1. The van der Waals surface area contributed by atoms with Gasteiger partial charge in [0, 0.05) is 18.3 Å². The second-order valence-electron chi connectivity index (χ2n) is 9.10. The number of hydrogen-bond donors (Lipinski definition) is 5. The molecular weight excluding hydrogens is 496 g/mol. The fraction of sp³-hybridized carbons (Fsp3) is 0.214. The van der Waals surface area contributed by atoms with Crippen LogP contribution in [0.25, 0.3) is 22.1 Å². The summed E-state index contributed by atoms with van der Waals surface area (Å²) in [6.07, 6.45) is 0. The molecule has 0 fully saturated rings. The summed E-state index contributed by atoms with van der Waals surface area (Å²) in [5.41, 5.74) is 9.94. The molecule has 0 saturated carbocycles. The summed E-state index contributed by atoms with van der Waals surface area (Å²) in [6.45, 7) is 2.69. The first-order valence-corrected chi connectivity index (χ1v) is 12.4. The molecule has 3 aromatic carbocycles. The highest BCUT2D eigenvalue weighted by atomic mass is 16.5. The van der Waals surface area contributed by atoms with Gasteiger partial charge in [-0.05, 0) is 55.5 Å². The van der Waals surface area contributed by atoms with Crippen LogP contribution in [0, 0.1) is 5.41 Å². The molecule has 0 saturated heterocycles. The summed E-state index contributed by atoms with van der Waals surface area (Å²) >= 11 is 0. The number of aromatic nitrogens is 4. The van der Waals surface area contributed by atoms with E-state index in [4.69, 9.17) is 30.6 Å². The number of nitrogens with one attached hydrogen (secondary N) is 4. The molecule has 1 atom stereocenters. The van der Waals surface area contributed by atoms with E-state index in [0.29, 0.717) is 35.9 Å². The SMILES string of the molecule is COc1ccccc1OCCNC(=O)c1ccc2nc(C(C)c3nc4cc(NC(=N)N)ccc4[nH]3)n(C)c2c1. The fourth-order valence-corrected chi connectivity index (χ4v) is 4.49. The average Bonchev–Trinajstić information content (AvgIpc) is 3.51. The standard InChI is InChI=1S/C28H30N8O3/c1-16(25-33-19-11-9-18(32-28(29)30)15-21(19)34-25)26-35-20-10-8-17(14-22(20)36(26)2)27(37)31-12-13-39-24-7-5-4-6-23(24)38-3/h4-11,14-16H,12-13H2,1-3H3,(H,31,37)(H,33,34)(H4,29,30,32). The molecule has 0 radical (unpaired) electrons. The second-order valence-corrected chi connectivity index (χ2v) is 9.10. The van der Waals surface area contributed by atoms with E-state index in [0.717, 1.165) is 33.7 Å². The largest absolute Gasteiger partial charge is 0.493 e. The van der Waals surface area contributed by atoms with E-state index in [1.807, 2.05) is 73.1 Å². The number of ether oxygens (including phenoxy) is 2. The van der Waals surface area contributed by atoms with Crippen LogP contribution in [-0.4, -0.2) is 51.6 Å². The highest BCUT2D eigenvalue weighted by Crippen LogP contribution is 2.28. The van der Waals surface area contributed by atoms with Crippen LogP contribution in [-0.2, 0) is 7.05 Å². The molecule has 1 amide bonds. The molecular formula is C28H30N8O3. The number of anilines is 1. The summed E-state index contributed by atoms with van der Waals surface area (Å²) in [6, 6.07) is 18.4. The Morgan fingerprint density at radius 2 is 1.90 bits per heavy atom. The first-order valence-electron chi connectivity index (χ1n) is 12.4. The molecule has 11 nitrogen and oxygen atoms in total. The molecule has 5 rings (SSSR count). The number of carbonyl (C=O) groups is 1. The number of benzene rings is 3. The van der Waals surface area contributed by atoms with Gasteiger partial charge in [0.1, 0.15) is 18.3 Å². The number of nitrogens with two attached hydrogens (primary N) is 1. The minimum absolute atomic E-state index is 0.132. The molecule has 5 aromatic rings. The van der Waals surface area contributed by atoms with E-state index in [1.165, 1.54) is 0 Å². The zero-order valence-corrected chi connectivity index (χ0v) is 21.9. The molecule has 1 unspecified atom stereocenters. The highest BCUT2D eigenvalue weighted by molar-refractivity contribution is 5.97. The lowest BCUT2D eigenvalue weighted by Gasteiger charge is -2.11. The fourth-order valence-electron chi connectivity index (χ4n) is 4.49. The number of para-hydroxylation sites is 2. The van der Waals surface area contributed by atoms with Crippen molar-refractivity contribution in [3.8, 4) is 11.5 Å². The Labute approximate surface area is 224 Å². The minimum atomic E-state index is -0.191. The van der Waals surface area contributed by atoms with Crippen LogP contribution >= 0.6 is 0 Å². The third-order valence-electron chi connectivity index (χ3n) is 6.47. The molecule has 0 aliphatic heterocycles. The van der Waals surface area contributed by atoms with Crippen LogP contribution in [0.2, 0.25) is 0 Å². The van der Waals surface area contributed by atoms with Gasteiger partial charge in [-0.25, -0.2) is 9.97 Å². The Bertz CT molecular complexity index is 1670. The number of imidazole rings is 2. The molecule has 39 heavy (non-hydrogen) atoms. The van der Waals surface area contributed by atoms with Gasteiger partial charge in [-0.2, -0.15) is 0 Å².